The second-order valence-electron chi connectivity index (χ2n) is 4.04. The quantitative estimate of drug-likeness (QED) is 0.776. The van der Waals surface area contributed by atoms with Crippen molar-refractivity contribution < 1.29 is 13.5 Å². The molecule has 0 aliphatic carbocycles. The highest BCUT2D eigenvalue weighted by Crippen LogP contribution is 2.21. The zero-order valence-corrected chi connectivity index (χ0v) is 10.5. The number of rotatable bonds is 6. The van der Waals surface area contributed by atoms with Crippen LogP contribution < -0.4 is 5.32 Å². The van der Waals surface area contributed by atoms with Gasteiger partial charge in [0, 0.05) is 18.2 Å². The van der Waals surface area contributed by atoms with Crippen LogP contribution in [0.4, 0.5) is 8.78 Å². The number of hydrogen-bond acceptors (Lipinski definition) is 2. The Morgan fingerprint density at radius 2 is 2.00 bits per heavy atom. The number of ether oxygens (including phenoxy) is 1. The van der Waals surface area contributed by atoms with E-state index in [1.165, 1.54) is 6.07 Å². The lowest BCUT2D eigenvalue weighted by Gasteiger charge is -2.18. The largest absolute Gasteiger partial charge is 0.379 e. The monoisotopic (exact) mass is 243 g/mol. The van der Waals surface area contributed by atoms with Crippen LogP contribution >= 0.6 is 0 Å². The van der Waals surface area contributed by atoms with Gasteiger partial charge in [0.15, 0.2) is 0 Å². The molecule has 0 spiro atoms. The molecule has 1 aromatic rings. The van der Waals surface area contributed by atoms with Gasteiger partial charge in [0.2, 0.25) is 0 Å². The number of likely N-dealkylation sites (N-methyl/N-ethyl adjacent to an activating group) is 1. The van der Waals surface area contributed by atoms with E-state index in [1.807, 2.05) is 6.92 Å². The molecule has 0 fully saturated rings. The third kappa shape index (κ3) is 3.75. The Morgan fingerprint density at radius 1 is 1.29 bits per heavy atom. The van der Waals surface area contributed by atoms with Gasteiger partial charge < -0.3 is 10.1 Å². The summed E-state index contributed by atoms with van der Waals surface area (Å²) in [7, 11) is 1.73. The topological polar surface area (TPSA) is 21.3 Å². The number of hydrogen-bond donors (Lipinski definition) is 1. The van der Waals surface area contributed by atoms with Crippen molar-refractivity contribution in [2.75, 3.05) is 20.3 Å². The molecule has 17 heavy (non-hydrogen) atoms. The first-order valence-corrected chi connectivity index (χ1v) is 5.80. The molecule has 0 saturated heterocycles. The molecule has 1 unspecified atom stereocenters. The van der Waals surface area contributed by atoms with Gasteiger partial charge in [0.1, 0.15) is 11.6 Å². The molecule has 1 atom stereocenters. The molecule has 0 aliphatic rings. The highest BCUT2D eigenvalue weighted by Gasteiger charge is 2.16. The molecule has 1 rings (SSSR count). The smallest absolute Gasteiger partial charge is 0.131 e. The minimum Gasteiger partial charge on any atom is -0.379 e. The van der Waals surface area contributed by atoms with Gasteiger partial charge in [-0.15, -0.1) is 0 Å². The number of aryl methyl sites for hydroxylation is 1. The van der Waals surface area contributed by atoms with E-state index in [1.54, 1.807) is 14.0 Å². The Bertz CT molecular complexity index is 369. The van der Waals surface area contributed by atoms with Crippen LogP contribution in [0.1, 0.15) is 30.5 Å². The maximum absolute atomic E-state index is 13.6. The molecule has 0 aliphatic heterocycles. The maximum Gasteiger partial charge on any atom is 0.131 e. The zero-order valence-electron chi connectivity index (χ0n) is 10.5. The normalized spacial score (nSPS) is 12.8. The zero-order chi connectivity index (χ0) is 12.8. The Morgan fingerprint density at radius 3 is 2.59 bits per heavy atom. The lowest BCUT2D eigenvalue weighted by Crippen LogP contribution is -2.23. The van der Waals surface area contributed by atoms with E-state index in [2.05, 4.69) is 5.32 Å². The summed E-state index contributed by atoms with van der Waals surface area (Å²) < 4.78 is 32.2. The van der Waals surface area contributed by atoms with Crippen molar-refractivity contribution in [2.45, 2.75) is 26.3 Å². The molecule has 1 N–H and O–H groups in total. The van der Waals surface area contributed by atoms with E-state index in [-0.39, 0.29) is 6.04 Å². The molecule has 0 amide bonds. The van der Waals surface area contributed by atoms with Crippen LogP contribution in [-0.4, -0.2) is 20.3 Å². The third-order valence-electron chi connectivity index (χ3n) is 2.63. The Labute approximate surface area is 101 Å². The van der Waals surface area contributed by atoms with E-state index in [9.17, 15) is 8.78 Å². The molecule has 0 aromatic heterocycles. The van der Waals surface area contributed by atoms with Crippen molar-refractivity contribution >= 4 is 0 Å². The number of halogens is 2. The van der Waals surface area contributed by atoms with Crippen LogP contribution in [0, 0.1) is 18.6 Å². The van der Waals surface area contributed by atoms with Crippen molar-refractivity contribution in [3.8, 4) is 0 Å². The fraction of sp³-hybridized carbons (Fsp3) is 0.538. The summed E-state index contributed by atoms with van der Waals surface area (Å²) in [4.78, 5) is 0. The predicted molar refractivity (Wildman–Crippen MR) is 64.0 cm³/mol. The first-order chi connectivity index (χ1) is 8.10. The summed E-state index contributed by atoms with van der Waals surface area (Å²) in [5.74, 6) is -1.05. The number of nitrogens with one attached hydrogen (secondary N) is 1. The van der Waals surface area contributed by atoms with Gasteiger partial charge in [0.25, 0.3) is 0 Å². The fourth-order valence-electron chi connectivity index (χ4n) is 1.62. The maximum atomic E-state index is 13.6. The van der Waals surface area contributed by atoms with E-state index < -0.39 is 11.6 Å². The van der Waals surface area contributed by atoms with Gasteiger partial charge in [0.05, 0.1) is 12.6 Å². The van der Waals surface area contributed by atoms with Crippen LogP contribution in [0.5, 0.6) is 0 Å². The van der Waals surface area contributed by atoms with Crippen LogP contribution in [0.15, 0.2) is 12.1 Å². The van der Waals surface area contributed by atoms with Crippen molar-refractivity contribution in [1.29, 1.82) is 0 Å². The molecular formula is C13H19F2NO. The van der Waals surface area contributed by atoms with Gasteiger partial charge in [-0.1, -0.05) is 6.92 Å². The van der Waals surface area contributed by atoms with Crippen molar-refractivity contribution in [3.63, 3.8) is 0 Å². The average molecular weight is 243 g/mol. The van der Waals surface area contributed by atoms with E-state index in [4.69, 9.17) is 4.74 Å². The Kier molecular flexibility index (Phi) is 5.51. The minimum absolute atomic E-state index is 0.249. The summed E-state index contributed by atoms with van der Waals surface area (Å²) in [5, 5.41) is 2.98. The highest BCUT2D eigenvalue weighted by atomic mass is 19.1. The molecular weight excluding hydrogens is 224 g/mol. The number of benzene rings is 1. The van der Waals surface area contributed by atoms with E-state index in [0.29, 0.717) is 24.3 Å². The van der Waals surface area contributed by atoms with Crippen LogP contribution in [0.25, 0.3) is 0 Å². The Balaban J connectivity index is 2.84. The molecule has 0 bridgehead atoms. The van der Waals surface area contributed by atoms with Gasteiger partial charge in [-0.05, 0) is 32.0 Å². The Hall–Kier alpha value is -1.00. The standard InChI is InChI=1S/C13H19F2NO/c1-4-5-17-8-13(16-3)10-6-9(2)11(14)7-12(10)15/h6-7,13,16H,4-5,8H2,1-3H3. The third-order valence-corrected chi connectivity index (χ3v) is 2.63. The molecule has 0 heterocycles. The lowest BCUT2D eigenvalue weighted by atomic mass is 10.0. The van der Waals surface area contributed by atoms with Gasteiger partial charge in [-0.25, -0.2) is 8.78 Å². The van der Waals surface area contributed by atoms with Gasteiger partial charge >= 0.3 is 0 Å². The molecule has 2 nitrogen and oxygen atoms in total. The van der Waals surface area contributed by atoms with Crippen molar-refractivity contribution in [2.24, 2.45) is 0 Å². The van der Waals surface area contributed by atoms with E-state index in [0.717, 1.165) is 12.5 Å². The molecule has 0 saturated carbocycles. The second-order valence-corrected chi connectivity index (χ2v) is 4.04. The van der Waals surface area contributed by atoms with Crippen LogP contribution in [0.3, 0.4) is 0 Å². The summed E-state index contributed by atoms with van der Waals surface area (Å²) in [5.41, 5.74) is 0.889. The second kappa shape index (κ2) is 6.67. The van der Waals surface area contributed by atoms with Crippen LogP contribution in [-0.2, 0) is 4.74 Å². The lowest BCUT2D eigenvalue weighted by molar-refractivity contribution is 0.113. The predicted octanol–water partition coefficient (Wildman–Crippen LogP) is 2.96. The summed E-state index contributed by atoms with van der Waals surface area (Å²) in [6.07, 6.45) is 0.918. The van der Waals surface area contributed by atoms with Crippen LogP contribution in [0.2, 0.25) is 0 Å². The highest BCUT2D eigenvalue weighted by molar-refractivity contribution is 5.28. The van der Waals surface area contributed by atoms with E-state index >= 15 is 0 Å². The first kappa shape index (κ1) is 14.1. The summed E-state index contributed by atoms with van der Waals surface area (Å²) in [6, 6.07) is 2.21. The molecule has 0 radical (unpaired) electrons. The first-order valence-electron chi connectivity index (χ1n) is 5.80. The SMILES string of the molecule is CCCOCC(NC)c1cc(C)c(F)cc1F. The summed E-state index contributed by atoms with van der Waals surface area (Å²) >= 11 is 0. The van der Waals surface area contributed by atoms with Gasteiger partial charge in [-0.3, -0.25) is 0 Å². The average Bonchev–Trinajstić information content (AvgIpc) is 2.30. The van der Waals surface area contributed by atoms with Gasteiger partial charge in [-0.2, -0.15) is 0 Å². The fourth-order valence-corrected chi connectivity index (χ4v) is 1.62. The minimum atomic E-state index is -0.535. The molecule has 1 aromatic carbocycles. The molecule has 4 heteroatoms. The van der Waals surface area contributed by atoms with Crippen molar-refractivity contribution in [3.05, 3.63) is 34.9 Å². The van der Waals surface area contributed by atoms with Crippen molar-refractivity contribution in [1.82, 2.24) is 5.32 Å². The summed E-state index contributed by atoms with van der Waals surface area (Å²) in [6.45, 7) is 4.65. The molecule has 96 valence electrons.